The molecule has 0 atom stereocenters. The van der Waals surface area contributed by atoms with E-state index in [1.54, 1.807) is 0 Å². The Labute approximate surface area is 139 Å². The maximum Gasteiger partial charge on any atom is 0.225 e. The minimum Gasteiger partial charge on any atom is -0.390 e. The first kappa shape index (κ1) is 16.5. The van der Waals surface area contributed by atoms with Crippen molar-refractivity contribution in [2.24, 2.45) is 11.8 Å². The van der Waals surface area contributed by atoms with Crippen LogP contribution in [0.25, 0.3) is 0 Å². The van der Waals surface area contributed by atoms with E-state index in [1.165, 1.54) is 16.7 Å². The molecule has 1 aromatic rings. The maximum absolute atomic E-state index is 12.4. The summed E-state index contributed by atoms with van der Waals surface area (Å²) in [7, 11) is 0. The molecule has 1 aliphatic heterocycles. The SMILES string of the molecule is Cc1ccc(CC2CCN(C(=O)[C@H]3C[C@@](C)(O)C3)CC2)cc1C. The van der Waals surface area contributed by atoms with E-state index in [2.05, 4.69) is 32.0 Å². The van der Waals surface area contributed by atoms with Gasteiger partial charge in [-0.25, -0.2) is 0 Å². The summed E-state index contributed by atoms with van der Waals surface area (Å²) in [5, 5.41) is 9.81. The fourth-order valence-electron chi connectivity index (χ4n) is 4.06. The standard InChI is InChI=1S/C20H29NO2/c1-14-4-5-17(10-15(14)2)11-16-6-8-21(9-7-16)19(22)18-12-20(3,23)13-18/h4-5,10,16,18,23H,6-9,11-13H2,1-3H3/t18-,20+. The van der Waals surface area contributed by atoms with Crippen LogP contribution in [0.2, 0.25) is 0 Å². The Morgan fingerprint density at radius 1 is 1.22 bits per heavy atom. The van der Waals surface area contributed by atoms with Crippen LogP contribution in [0.4, 0.5) is 0 Å². The van der Waals surface area contributed by atoms with Crippen LogP contribution in [0.15, 0.2) is 18.2 Å². The van der Waals surface area contributed by atoms with Crippen LogP contribution in [-0.4, -0.2) is 34.6 Å². The molecule has 3 nitrogen and oxygen atoms in total. The van der Waals surface area contributed by atoms with E-state index >= 15 is 0 Å². The smallest absolute Gasteiger partial charge is 0.225 e. The normalized spacial score (nSPS) is 28.5. The van der Waals surface area contributed by atoms with Crippen LogP contribution >= 0.6 is 0 Å². The molecule has 1 N–H and O–H groups in total. The first-order valence-corrected chi connectivity index (χ1v) is 8.91. The van der Waals surface area contributed by atoms with Crippen LogP contribution < -0.4 is 0 Å². The minimum atomic E-state index is -0.609. The van der Waals surface area contributed by atoms with E-state index in [0.29, 0.717) is 18.8 Å². The summed E-state index contributed by atoms with van der Waals surface area (Å²) < 4.78 is 0. The van der Waals surface area contributed by atoms with Crippen molar-refractivity contribution in [3.8, 4) is 0 Å². The fraction of sp³-hybridized carbons (Fsp3) is 0.650. The fourth-order valence-corrected chi connectivity index (χ4v) is 4.06. The summed E-state index contributed by atoms with van der Waals surface area (Å²) in [6.07, 6.45) is 4.59. The van der Waals surface area contributed by atoms with Gasteiger partial charge in [0.1, 0.15) is 0 Å². The van der Waals surface area contributed by atoms with E-state index in [0.717, 1.165) is 32.4 Å². The molecular weight excluding hydrogens is 286 g/mol. The van der Waals surface area contributed by atoms with Crippen LogP contribution in [0.3, 0.4) is 0 Å². The van der Waals surface area contributed by atoms with Crippen LogP contribution in [0.1, 0.15) is 49.3 Å². The summed E-state index contributed by atoms with van der Waals surface area (Å²) in [6, 6.07) is 6.77. The first-order chi connectivity index (χ1) is 10.8. The van der Waals surface area contributed by atoms with Crippen molar-refractivity contribution in [1.82, 2.24) is 4.90 Å². The van der Waals surface area contributed by atoms with Gasteiger partial charge in [0, 0.05) is 19.0 Å². The second-order valence-corrected chi connectivity index (χ2v) is 7.99. The average molecular weight is 315 g/mol. The molecule has 2 aliphatic rings. The molecule has 0 unspecified atom stereocenters. The van der Waals surface area contributed by atoms with Crippen LogP contribution in [0, 0.1) is 25.7 Å². The number of carbonyl (C=O) groups excluding carboxylic acids is 1. The van der Waals surface area contributed by atoms with Crippen molar-refractivity contribution in [2.45, 2.75) is 58.5 Å². The van der Waals surface area contributed by atoms with Gasteiger partial charge in [-0.05, 0) is 75.5 Å². The maximum atomic E-state index is 12.4. The Kier molecular flexibility index (Phi) is 4.50. The van der Waals surface area contributed by atoms with Gasteiger partial charge in [-0.2, -0.15) is 0 Å². The molecule has 126 valence electrons. The summed E-state index contributed by atoms with van der Waals surface area (Å²) in [5.74, 6) is 1.01. The van der Waals surface area contributed by atoms with Gasteiger partial charge < -0.3 is 10.0 Å². The second-order valence-electron chi connectivity index (χ2n) is 7.99. The molecule has 0 spiro atoms. The highest BCUT2D eigenvalue weighted by atomic mass is 16.3. The number of nitrogens with zero attached hydrogens (tertiary/aromatic N) is 1. The predicted octanol–water partition coefficient (Wildman–Crippen LogP) is 3.25. The topological polar surface area (TPSA) is 40.5 Å². The Morgan fingerprint density at radius 2 is 1.87 bits per heavy atom. The van der Waals surface area contributed by atoms with Crippen molar-refractivity contribution in [2.75, 3.05) is 13.1 Å². The Morgan fingerprint density at radius 3 is 2.43 bits per heavy atom. The molecule has 1 aromatic carbocycles. The van der Waals surface area contributed by atoms with E-state index in [-0.39, 0.29) is 11.8 Å². The lowest BCUT2D eigenvalue weighted by Gasteiger charge is -2.43. The number of aliphatic hydroxyl groups is 1. The molecule has 1 amide bonds. The van der Waals surface area contributed by atoms with E-state index in [9.17, 15) is 9.90 Å². The average Bonchev–Trinajstić information content (AvgIpc) is 2.48. The highest BCUT2D eigenvalue weighted by Crippen LogP contribution is 2.39. The molecule has 2 fully saturated rings. The summed E-state index contributed by atoms with van der Waals surface area (Å²) in [4.78, 5) is 14.5. The third-order valence-electron chi connectivity index (χ3n) is 5.74. The van der Waals surface area contributed by atoms with Gasteiger partial charge in [-0.1, -0.05) is 18.2 Å². The second kappa shape index (κ2) is 6.27. The molecule has 0 aromatic heterocycles. The molecule has 0 radical (unpaired) electrons. The third kappa shape index (κ3) is 3.77. The zero-order chi connectivity index (χ0) is 16.6. The van der Waals surface area contributed by atoms with E-state index < -0.39 is 5.60 Å². The number of benzene rings is 1. The molecule has 3 rings (SSSR count). The van der Waals surface area contributed by atoms with E-state index in [4.69, 9.17) is 0 Å². The number of piperidine rings is 1. The van der Waals surface area contributed by atoms with Crippen molar-refractivity contribution in [1.29, 1.82) is 0 Å². The predicted molar refractivity (Wildman–Crippen MR) is 92.3 cm³/mol. The van der Waals surface area contributed by atoms with Gasteiger partial charge in [-0.3, -0.25) is 4.79 Å². The van der Waals surface area contributed by atoms with Crippen LogP contribution in [-0.2, 0) is 11.2 Å². The minimum absolute atomic E-state index is 0.0568. The largest absolute Gasteiger partial charge is 0.390 e. The van der Waals surface area contributed by atoms with Crippen molar-refractivity contribution >= 4 is 5.91 Å². The van der Waals surface area contributed by atoms with Gasteiger partial charge >= 0.3 is 0 Å². The first-order valence-electron chi connectivity index (χ1n) is 8.91. The summed E-state index contributed by atoms with van der Waals surface area (Å²) in [5.41, 5.74) is 3.53. The zero-order valence-electron chi connectivity index (χ0n) is 14.6. The Balaban J connectivity index is 1.48. The molecule has 1 aliphatic carbocycles. The number of aryl methyl sites for hydroxylation is 2. The van der Waals surface area contributed by atoms with Gasteiger partial charge in [-0.15, -0.1) is 0 Å². The molecule has 1 heterocycles. The quantitative estimate of drug-likeness (QED) is 0.930. The zero-order valence-corrected chi connectivity index (χ0v) is 14.6. The van der Waals surface area contributed by atoms with Crippen molar-refractivity contribution in [3.05, 3.63) is 34.9 Å². The Bertz CT molecular complexity index is 577. The van der Waals surface area contributed by atoms with Crippen LogP contribution in [0.5, 0.6) is 0 Å². The number of rotatable bonds is 3. The number of amides is 1. The number of carbonyl (C=O) groups is 1. The highest BCUT2D eigenvalue weighted by Gasteiger charge is 2.44. The molecular formula is C20H29NO2. The summed E-state index contributed by atoms with van der Waals surface area (Å²) in [6.45, 7) is 7.92. The monoisotopic (exact) mass is 315 g/mol. The lowest BCUT2D eigenvalue weighted by molar-refractivity contribution is -0.151. The summed E-state index contributed by atoms with van der Waals surface area (Å²) >= 11 is 0. The van der Waals surface area contributed by atoms with Gasteiger partial charge in [0.05, 0.1) is 5.60 Å². The number of hydrogen-bond acceptors (Lipinski definition) is 2. The lowest BCUT2D eigenvalue weighted by atomic mass is 9.71. The Hall–Kier alpha value is -1.35. The van der Waals surface area contributed by atoms with Crippen molar-refractivity contribution < 1.29 is 9.90 Å². The van der Waals surface area contributed by atoms with Gasteiger partial charge in [0.2, 0.25) is 5.91 Å². The van der Waals surface area contributed by atoms with Gasteiger partial charge in [0.25, 0.3) is 0 Å². The molecule has 3 heteroatoms. The number of hydrogen-bond donors (Lipinski definition) is 1. The molecule has 23 heavy (non-hydrogen) atoms. The third-order valence-corrected chi connectivity index (χ3v) is 5.74. The molecule has 0 bridgehead atoms. The van der Waals surface area contributed by atoms with Crippen molar-refractivity contribution in [3.63, 3.8) is 0 Å². The lowest BCUT2D eigenvalue weighted by Crippen LogP contribution is -2.51. The molecule has 1 saturated carbocycles. The molecule has 1 saturated heterocycles. The number of likely N-dealkylation sites (tertiary alicyclic amines) is 1. The highest BCUT2D eigenvalue weighted by molar-refractivity contribution is 5.80. The van der Waals surface area contributed by atoms with E-state index in [1.807, 2.05) is 11.8 Å². The van der Waals surface area contributed by atoms with Gasteiger partial charge in [0.15, 0.2) is 0 Å².